The predicted octanol–water partition coefficient (Wildman–Crippen LogP) is 3.68. The highest BCUT2D eigenvalue weighted by atomic mass is 32.1. The van der Waals surface area contributed by atoms with Gasteiger partial charge in [-0.1, -0.05) is 6.07 Å². The van der Waals surface area contributed by atoms with E-state index in [0.29, 0.717) is 12.2 Å². The molecule has 0 saturated carbocycles. The van der Waals surface area contributed by atoms with Gasteiger partial charge >= 0.3 is 6.61 Å². The second kappa shape index (κ2) is 5.83. The number of nitrogens with two attached hydrogens (primary N) is 1. The lowest BCUT2D eigenvalue weighted by Gasteiger charge is -2.12. The zero-order valence-corrected chi connectivity index (χ0v) is 10.5. The Hall–Kier alpha value is -1.89. The number of alkyl halides is 2. The molecule has 1 aromatic heterocycles. The second-order valence-corrected chi connectivity index (χ2v) is 4.71. The summed E-state index contributed by atoms with van der Waals surface area (Å²) < 4.78 is 41.6. The molecule has 0 aliphatic carbocycles. The summed E-state index contributed by atoms with van der Waals surface area (Å²) in [7, 11) is 0. The minimum absolute atomic E-state index is 0.135. The monoisotopic (exact) mass is 288 g/mol. The molecule has 102 valence electrons. The molecule has 0 spiro atoms. The van der Waals surface area contributed by atoms with Gasteiger partial charge in [0.25, 0.3) is 0 Å². The Bertz CT molecular complexity index is 546. The molecule has 0 unspecified atom stereocenters. The average molecular weight is 288 g/mol. The van der Waals surface area contributed by atoms with Gasteiger partial charge in [0.1, 0.15) is 0 Å². The SMILES string of the molecule is Nc1cc(F)c(OC(F)F)cc1NCc1cccs1. The van der Waals surface area contributed by atoms with Crippen LogP contribution in [0.1, 0.15) is 4.88 Å². The van der Waals surface area contributed by atoms with E-state index >= 15 is 0 Å². The van der Waals surface area contributed by atoms with Crippen molar-refractivity contribution >= 4 is 22.7 Å². The molecule has 0 saturated heterocycles. The fourth-order valence-electron chi connectivity index (χ4n) is 1.50. The number of anilines is 2. The first-order valence-electron chi connectivity index (χ1n) is 5.36. The number of ether oxygens (including phenoxy) is 1. The van der Waals surface area contributed by atoms with Crippen molar-refractivity contribution in [2.75, 3.05) is 11.1 Å². The van der Waals surface area contributed by atoms with Crippen molar-refractivity contribution < 1.29 is 17.9 Å². The van der Waals surface area contributed by atoms with E-state index in [9.17, 15) is 13.2 Å². The van der Waals surface area contributed by atoms with Gasteiger partial charge in [0.2, 0.25) is 0 Å². The second-order valence-electron chi connectivity index (χ2n) is 3.68. The predicted molar refractivity (Wildman–Crippen MR) is 69.1 cm³/mol. The highest BCUT2D eigenvalue weighted by Gasteiger charge is 2.13. The molecule has 1 aromatic carbocycles. The first-order chi connectivity index (χ1) is 9.06. The standard InChI is InChI=1S/C12H11F3N2OS/c13-8-4-9(16)10(5-11(8)18-12(14)15)17-6-7-2-1-3-19-7/h1-5,12,17H,6,16H2. The minimum Gasteiger partial charge on any atom is -0.432 e. The van der Waals surface area contributed by atoms with E-state index in [-0.39, 0.29) is 5.69 Å². The number of thiophene rings is 1. The van der Waals surface area contributed by atoms with Gasteiger partial charge in [-0.3, -0.25) is 0 Å². The van der Waals surface area contributed by atoms with Crippen LogP contribution in [-0.4, -0.2) is 6.61 Å². The summed E-state index contributed by atoms with van der Waals surface area (Å²) in [6.07, 6.45) is 0. The van der Waals surface area contributed by atoms with Gasteiger partial charge in [-0.2, -0.15) is 8.78 Å². The summed E-state index contributed by atoms with van der Waals surface area (Å²) in [5.41, 5.74) is 6.11. The summed E-state index contributed by atoms with van der Waals surface area (Å²) >= 11 is 1.54. The van der Waals surface area contributed by atoms with Crippen molar-refractivity contribution in [3.63, 3.8) is 0 Å². The molecule has 0 radical (unpaired) electrons. The molecule has 2 rings (SSSR count). The molecule has 0 fully saturated rings. The maximum absolute atomic E-state index is 13.3. The summed E-state index contributed by atoms with van der Waals surface area (Å²) in [5.74, 6) is -1.45. The highest BCUT2D eigenvalue weighted by molar-refractivity contribution is 7.09. The van der Waals surface area contributed by atoms with Gasteiger partial charge in [-0.15, -0.1) is 11.3 Å². The third-order valence-corrected chi connectivity index (χ3v) is 3.23. The maximum atomic E-state index is 13.3. The topological polar surface area (TPSA) is 47.3 Å². The molecule has 1 heterocycles. The molecular weight excluding hydrogens is 277 g/mol. The van der Waals surface area contributed by atoms with Gasteiger partial charge in [-0.25, -0.2) is 4.39 Å². The molecule has 0 atom stereocenters. The Labute approximate surface area is 111 Å². The number of hydrogen-bond acceptors (Lipinski definition) is 4. The molecule has 0 amide bonds. The van der Waals surface area contributed by atoms with Crippen LogP contribution >= 0.6 is 11.3 Å². The molecule has 0 aliphatic heterocycles. The van der Waals surface area contributed by atoms with Crippen LogP contribution in [0, 0.1) is 5.82 Å². The minimum atomic E-state index is -3.08. The first kappa shape index (κ1) is 13.5. The van der Waals surface area contributed by atoms with E-state index in [0.717, 1.165) is 17.0 Å². The molecule has 2 aromatic rings. The van der Waals surface area contributed by atoms with Crippen molar-refractivity contribution in [1.29, 1.82) is 0 Å². The quantitative estimate of drug-likeness (QED) is 0.825. The van der Waals surface area contributed by atoms with Gasteiger partial charge in [-0.05, 0) is 11.4 Å². The number of rotatable bonds is 5. The van der Waals surface area contributed by atoms with Crippen LogP contribution in [-0.2, 0) is 6.54 Å². The van der Waals surface area contributed by atoms with Gasteiger partial charge in [0.15, 0.2) is 11.6 Å². The van der Waals surface area contributed by atoms with Crippen LogP contribution in [0.15, 0.2) is 29.6 Å². The Balaban J connectivity index is 2.15. The third kappa shape index (κ3) is 3.54. The summed E-state index contributed by atoms with van der Waals surface area (Å²) in [4.78, 5) is 1.04. The lowest BCUT2D eigenvalue weighted by molar-refractivity contribution is -0.0521. The van der Waals surface area contributed by atoms with Crippen molar-refractivity contribution in [2.24, 2.45) is 0 Å². The number of hydrogen-bond donors (Lipinski definition) is 2. The summed E-state index contributed by atoms with van der Waals surface area (Å²) in [6.45, 7) is -2.61. The zero-order valence-electron chi connectivity index (χ0n) is 9.70. The molecule has 3 nitrogen and oxygen atoms in total. The van der Waals surface area contributed by atoms with Crippen LogP contribution in [0.5, 0.6) is 5.75 Å². The van der Waals surface area contributed by atoms with Gasteiger partial charge in [0.05, 0.1) is 11.4 Å². The Morgan fingerprint density at radius 1 is 1.37 bits per heavy atom. The zero-order chi connectivity index (χ0) is 13.8. The fraction of sp³-hybridized carbons (Fsp3) is 0.167. The van der Waals surface area contributed by atoms with E-state index in [2.05, 4.69) is 10.1 Å². The number of nitrogen functional groups attached to an aromatic ring is 1. The fourth-order valence-corrected chi connectivity index (χ4v) is 2.15. The maximum Gasteiger partial charge on any atom is 0.387 e. The molecule has 19 heavy (non-hydrogen) atoms. The molecule has 0 aliphatic rings. The average Bonchev–Trinajstić information content (AvgIpc) is 2.83. The number of halogens is 3. The van der Waals surface area contributed by atoms with Crippen molar-refractivity contribution in [1.82, 2.24) is 0 Å². The normalized spacial score (nSPS) is 10.7. The molecule has 7 heteroatoms. The van der Waals surface area contributed by atoms with Gasteiger partial charge < -0.3 is 15.8 Å². The van der Waals surface area contributed by atoms with Crippen molar-refractivity contribution in [3.05, 3.63) is 40.3 Å². The smallest absolute Gasteiger partial charge is 0.387 e. The third-order valence-electron chi connectivity index (χ3n) is 2.35. The van der Waals surface area contributed by atoms with E-state index in [4.69, 9.17) is 5.73 Å². The first-order valence-corrected chi connectivity index (χ1v) is 6.24. The Morgan fingerprint density at radius 3 is 2.79 bits per heavy atom. The highest BCUT2D eigenvalue weighted by Crippen LogP contribution is 2.29. The van der Waals surface area contributed by atoms with Crippen LogP contribution in [0.25, 0.3) is 0 Å². The Morgan fingerprint density at radius 2 is 2.16 bits per heavy atom. The molecule has 3 N–H and O–H groups in total. The number of benzene rings is 1. The van der Waals surface area contributed by atoms with Crippen LogP contribution in [0.3, 0.4) is 0 Å². The lowest BCUT2D eigenvalue weighted by Crippen LogP contribution is -2.07. The van der Waals surface area contributed by atoms with Crippen LogP contribution < -0.4 is 15.8 Å². The Kier molecular flexibility index (Phi) is 4.16. The lowest BCUT2D eigenvalue weighted by atomic mass is 10.2. The number of nitrogens with one attached hydrogen (secondary N) is 1. The van der Waals surface area contributed by atoms with Crippen molar-refractivity contribution in [3.8, 4) is 5.75 Å². The largest absolute Gasteiger partial charge is 0.432 e. The van der Waals surface area contributed by atoms with E-state index in [1.54, 1.807) is 0 Å². The van der Waals surface area contributed by atoms with Crippen molar-refractivity contribution in [2.45, 2.75) is 13.2 Å². The molecular formula is C12H11F3N2OS. The summed E-state index contributed by atoms with van der Waals surface area (Å²) in [5, 5.41) is 4.86. The van der Waals surface area contributed by atoms with E-state index in [1.807, 2.05) is 17.5 Å². The van der Waals surface area contributed by atoms with Crippen LogP contribution in [0.2, 0.25) is 0 Å². The van der Waals surface area contributed by atoms with E-state index in [1.165, 1.54) is 11.3 Å². The van der Waals surface area contributed by atoms with Crippen LogP contribution in [0.4, 0.5) is 24.5 Å². The summed E-state index contributed by atoms with van der Waals surface area (Å²) in [6, 6.07) is 5.88. The van der Waals surface area contributed by atoms with Gasteiger partial charge in [0, 0.05) is 23.6 Å². The van der Waals surface area contributed by atoms with E-state index < -0.39 is 18.2 Å². The molecule has 0 bridgehead atoms.